The maximum atomic E-state index is 11.6. The molecular formula is C14H14N4O3S. The Labute approximate surface area is 130 Å². The van der Waals surface area contributed by atoms with Crippen LogP contribution in [0.1, 0.15) is 10.4 Å². The molecule has 7 nitrogen and oxygen atoms in total. The van der Waals surface area contributed by atoms with Crippen molar-refractivity contribution in [1.29, 1.82) is 0 Å². The van der Waals surface area contributed by atoms with Crippen molar-refractivity contribution in [1.82, 2.24) is 5.43 Å². The Morgan fingerprint density at radius 3 is 2.68 bits per heavy atom. The first-order valence-electron chi connectivity index (χ1n) is 6.41. The van der Waals surface area contributed by atoms with Crippen molar-refractivity contribution in [2.75, 3.05) is 11.9 Å². The van der Waals surface area contributed by atoms with Crippen LogP contribution in [0.4, 0.5) is 10.7 Å². The molecular weight excluding hydrogens is 304 g/mol. The molecule has 0 aliphatic heterocycles. The number of amides is 1. The van der Waals surface area contributed by atoms with Crippen LogP contribution >= 0.6 is 11.3 Å². The largest absolute Gasteiger partial charge is 0.376 e. The zero-order valence-electron chi connectivity index (χ0n) is 11.8. The Morgan fingerprint density at radius 1 is 1.32 bits per heavy atom. The summed E-state index contributed by atoms with van der Waals surface area (Å²) < 4.78 is 0. The number of nitro groups is 1. The van der Waals surface area contributed by atoms with Crippen LogP contribution in [0.3, 0.4) is 0 Å². The van der Waals surface area contributed by atoms with Gasteiger partial charge in [0.15, 0.2) is 0 Å². The average Bonchev–Trinajstić information content (AvgIpc) is 2.96. The number of aryl methyl sites for hydroxylation is 1. The lowest BCUT2D eigenvalue weighted by Gasteiger charge is -2.05. The highest BCUT2D eigenvalue weighted by atomic mass is 32.1. The number of anilines is 1. The van der Waals surface area contributed by atoms with Gasteiger partial charge in [-0.05, 0) is 25.1 Å². The highest BCUT2D eigenvalue weighted by Gasteiger charge is 2.08. The number of hydrogen-bond acceptors (Lipinski definition) is 6. The molecule has 0 fully saturated rings. The van der Waals surface area contributed by atoms with Crippen molar-refractivity contribution in [3.05, 3.63) is 57.0 Å². The summed E-state index contributed by atoms with van der Waals surface area (Å²) in [5.41, 5.74) is 4.35. The quantitative estimate of drug-likeness (QED) is 0.486. The van der Waals surface area contributed by atoms with Crippen LogP contribution < -0.4 is 10.7 Å². The zero-order valence-corrected chi connectivity index (χ0v) is 12.6. The van der Waals surface area contributed by atoms with Crippen LogP contribution in [0.2, 0.25) is 0 Å². The molecule has 1 aromatic heterocycles. The van der Waals surface area contributed by atoms with Gasteiger partial charge in [0.1, 0.15) is 0 Å². The number of benzene rings is 1. The highest BCUT2D eigenvalue weighted by Crippen LogP contribution is 2.22. The summed E-state index contributed by atoms with van der Waals surface area (Å²) >= 11 is 0.989. The third-order valence-corrected chi connectivity index (χ3v) is 3.65. The minimum atomic E-state index is -0.466. The van der Waals surface area contributed by atoms with Gasteiger partial charge in [0.05, 0.1) is 22.6 Å². The normalized spacial score (nSPS) is 10.6. The highest BCUT2D eigenvalue weighted by molar-refractivity contribution is 7.16. The van der Waals surface area contributed by atoms with E-state index in [2.05, 4.69) is 15.8 Å². The van der Waals surface area contributed by atoms with Gasteiger partial charge in [0.2, 0.25) is 0 Å². The Kier molecular flexibility index (Phi) is 5.21. The lowest BCUT2D eigenvalue weighted by atomic mass is 10.2. The van der Waals surface area contributed by atoms with Crippen molar-refractivity contribution in [2.24, 2.45) is 5.10 Å². The molecule has 0 saturated heterocycles. The van der Waals surface area contributed by atoms with Crippen LogP contribution in [-0.4, -0.2) is 23.6 Å². The SMILES string of the molecule is Cc1ccc(NCC(=O)N/N=C/c2ccc([N+](=O)[O-])s2)cc1. The van der Waals surface area contributed by atoms with Gasteiger partial charge >= 0.3 is 5.00 Å². The Morgan fingerprint density at radius 2 is 2.05 bits per heavy atom. The second-order valence-corrected chi connectivity index (χ2v) is 5.54. The molecule has 0 radical (unpaired) electrons. The fraction of sp³-hybridized carbons (Fsp3) is 0.143. The molecule has 2 N–H and O–H groups in total. The minimum Gasteiger partial charge on any atom is -0.376 e. The number of rotatable bonds is 6. The van der Waals surface area contributed by atoms with Gasteiger partial charge in [-0.3, -0.25) is 14.9 Å². The van der Waals surface area contributed by atoms with Gasteiger partial charge in [0, 0.05) is 11.8 Å². The molecule has 114 valence electrons. The zero-order chi connectivity index (χ0) is 15.9. The van der Waals surface area contributed by atoms with E-state index >= 15 is 0 Å². The fourth-order valence-corrected chi connectivity index (χ4v) is 2.26. The third kappa shape index (κ3) is 4.67. The molecule has 8 heteroatoms. The Hall–Kier alpha value is -2.74. The van der Waals surface area contributed by atoms with E-state index in [1.807, 2.05) is 31.2 Å². The topological polar surface area (TPSA) is 96.6 Å². The summed E-state index contributed by atoms with van der Waals surface area (Å²) in [5.74, 6) is -0.303. The summed E-state index contributed by atoms with van der Waals surface area (Å²) in [6, 6.07) is 10.6. The van der Waals surface area contributed by atoms with Crippen LogP contribution in [0.5, 0.6) is 0 Å². The molecule has 2 aromatic rings. The van der Waals surface area contributed by atoms with E-state index in [1.54, 1.807) is 6.07 Å². The molecule has 0 spiro atoms. The molecule has 0 unspecified atom stereocenters. The van der Waals surface area contributed by atoms with E-state index in [9.17, 15) is 14.9 Å². The van der Waals surface area contributed by atoms with Crippen molar-refractivity contribution < 1.29 is 9.72 Å². The molecule has 1 heterocycles. The second-order valence-electron chi connectivity index (χ2n) is 4.45. The molecule has 1 aromatic carbocycles. The van der Waals surface area contributed by atoms with Crippen LogP contribution in [0.15, 0.2) is 41.5 Å². The second kappa shape index (κ2) is 7.32. The smallest absolute Gasteiger partial charge is 0.324 e. The van der Waals surface area contributed by atoms with Crippen molar-refractivity contribution in [3.63, 3.8) is 0 Å². The van der Waals surface area contributed by atoms with Crippen LogP contribution in [-0.2, 0) is 4.79 Å². The standard InChI is InChI=1S/C14H14N4O3S/c1-10-2-4-11(5-3-10)15-9-13(19)17-16-8-12-6-7-14(22-12)18(20)21/h2-8,15H,9H2,1H3,(H,17,19)/b16-8+. The molecule has 22 heavy (non-hydrogen) atoms. The maximum absolute atomic E-state index is 11.6. The molecule has 0 bridgehead atoms. The number of nitrogens with one attached hydrogen (secondary N) is 2. The van der Waals surface area contributed by atoms with Gasteiger partial charge in [-0.15, -0.1) is 0 Å². The van der Waals surface area contributed by atoms with Gasteiger partial charge in [-0.1, -0.05) is 29.0 Å². The number of nitrogens with zero attached hydrogens (tertiary/aromatic N) is 2. The number of thiophene rings is 1. The van der Waals surface area contributed by atoms with Crippen molar-refractivity contribution >= 4 is 34.1 Å². The Bertz CT molecular complexity index is 694. The van der Waals surface area contributed by atoms with E-state index in [1.165, 1.54) is 12.3 Å². The summed E-state index contributed by atoms with van der Waals surface area (Å²) in [6.07, 6.45) is 1.38. The predicted molar refractivity (Wildman–Crippen MR) is 86.4 cm³/mol. The third-order valence-electron chi connectivity index (χ3n) is 2.68. The molecule has 1 amide bonds. The predicted octanol–water partition coefficient (Wildman–Crippen LogP) is 2.53. The molecule has 0 aliphatic carbocycles. The Balaban J connectivity index is 1.78. The molecule has 0 atom stereocenters. The van der Waals surface area contributed by atoms with E-state index in [-0.39, 0.29) is 17.5 Å². The van der Waals surface area contributed by atoms with Crippen molar-refractivity contribution in [3.8, 4) is 0 Å². The molecule has 0 aliphatic rings. The van der Waals surface area contributed by atoms with Crippen molar-refractivity contribution in [2.45, 2.75) is 6.92 Å². The van der Waals surface area contributed by atoms with Gasteiger partial charge in [-0.2, -0.15) is 5.10 Å². The summed E-state index contributed by atoms with van der Waals surface area (Å²) in [7, 11) is 0. The van der Waals surface area contributed by atoms with Gasteiger partial charge < -0.3 is 5.32 Å². The molecule has 0 saturated carbocycles. The van der Waals surface area contributed by atoms with Crippen LogP contribution in [0.25, 0.3) is 0 Å². The number of hydrazone groups is 1. The van der Waals surface area contributed by atoms with E-state index in [4.69, 9.17) is 0 Å². The van der Waals surface area contributed by atoms with Gasteiger partial charge in [0.25, 0.3) is 5.91 Å². The number of carbonyl (C=O) groups excluding carboxylic acids is 1. The first kappa shape index (κ1) is 15.6. The summed E-state index contributed by atoms with van der Waals surface area (Å²) in [6.45, 7) is 2.07. The summed E-state index contributed by atoms with van der Waals surface area (Å²) in [5, 5.41) is 17.3. The lowest BCUT2D eigenvalue weighted by Crippen LogP contribution is -2.25. The monoisotopic (exact) mass is 318 g/mol. The molecule has 2 rings (SSSR count). The summed E-state index contributed by atoms with van der Waals surface area (Å²) in [4.78, 5) is 22.3. The fourth-order valence-electron chi connectivity index (χ4n) is 1.57. The van der Waals surface area contributed by atoms with E-state index < -0.39 is 4.92 Å². The maximum Gasteiger partial charge on any atom is 0.324 e. The van der Waals surface area contributed by atoms with Crippen LogP contribution in [0, 0.1) is 17.0 Å². The van der Waals surface area contributed by atoms with Gasteiger partial charge in [-0.25, -0.2) is 5.43 Å². The number of carbonyl (C=O) groups is 1. The average molecular weight is 318 g/mol. The first-order chi connectivity index (χ1) is 10.5. The first-order valence-corrected chi connectivity index (χ1v) is 7.23. The lowest BCUT2D eigenvalue weighted by molar-refractivity contribution is -0.380. The number of hydrogen-bond donors (Lipinski definition) is 2. The minimum absolute atomic E-state index is 0.0359. The van der Waals surface area contributed by atoms with E-state index in [0.29, 0.717) is 4.88 Å². The van der Waals surface area contributed by atoms with E-state index in [0.717, 1.165) is 22.6 Å².